The van der Waals surface area contributed by atoms with Gasteiger partial charge in [-0.2, -0.15) is 0 Å². The van der Waals surface area contributed by atoms with E-state index in [2.05, 4.69) is 57.2 Å². The smallest absolute Gasteiger partial charge is 0.0271 e. The Kier molecular flexibility index (Phi) is 4.40. The van der Waals surface area contributed by atoms with Gasteiger partial charge < -0.3 is 0 Å². The molecule has 3 heteroatoms. The first-order valence-corrected chi connectivity index (χ1v) is 8.76. The summed E-state index contributed by atoms with van der Waals surface area (Å²) in [4.78, 5) is 9.51. The van der Waals surface area contributed by atoms with Crippen molar-refractivity contribution in [2.45, 2.75) is 32.0 Å². The molecule has 0 saturated carbocycles. The Balaban J connectivity index is 1.44. The van der Waals surface area contributed by atoms with Crippen LogP contribution in [0, 0.1) is 5.92 Å². The molecule has 3 nitrogen and oxygen atoms in total. The molecule has 0 amide bonds. The van der Waals surface area contributed by atoms with Crippen LogP contribution in [-0.2, 0) is 13.1 Å². The highest BCUT2D eigenvalue weighted by atomic mass is 15.3. The van der Waals surface area contributed by atoms with E-state index in [4.69, 9.17) is 0 Å². The first kappa shape index (κ1) is 14.9. The highest BCUT2D eigenvalue weighted by molar-refractivity contribution is 5.15. The van der Waals surface area contributed by atoms with E-state index >= 15 is 0 Å². The van der Waals surface area contributed by atoms with E-state index in [1.165, 1.54) is 43.6 Å². The molecular formula is C20H25N3. The first-order chi connectivity index (χ1) is 11.4. The molecule has 1 aromatic carbocycles. The van der Waals surface area contributed by atoms with Crippen LogP contribution in [0.3, 0.4) is 0 Å². The van der Waals surface area contributed by atoms with Crippen molar-refractivity contribution in [1.82, 2.24) is 14.8 Å². The maximum absolute atomic E-state index is 4.13. The van der Waals surface area contributed by atoms with E-state index in [1.54, 1.807) is 0 Å². The lowest BCUT2D eigenvalue weighted by Crippen LogP contribution is -2.43. The lowest BCUT2D eigenvalue weighted by molar-refractivity contribution is 0.123. The maximum atomic E-state index is 4.13. The quantitative estimate of drug-likeness (QED) is 0.865. The molecule has 2 atom stereocenters. The Morgan fingerprint density at radius 1 is 0.826 bits per heavy atom. The van der Waals surface area contributed by atoms with Crippen LogP contribution in [0.1, 0.15) is 24.0 Å². The molecule has 120 valence electrons. The molecule has 2 bridgehead atoms. The van der Waals surface area contributed by atoms with Gasteiger partial charge >= 0.3 is 0 Å². The van der Waals surface area contributed by atoms with Crippen molar-refractivity contribution in [3.05, 3.63) is 66.0 Å². The average molecular weight is 307 g/mol. The summed E-state index contributed by atoms with van der Waals surface area (Å²) in [5.41, 5.74) is 2.83. The first-order valence-electron chi connectivity index (χ1n) is 8.76. The largest absolute Gasteiger partial charge is 0.297 e. The Bertz CT molecular complexity index is 611. The number of rotatable bonds is 4. The lowest BCUT2D eigenvalue weighted by Gasteiger charge is -2.36. The fourth-order valence-electron chi connectivity index (χ4n) is 4.16. The van der Waals surface area contributed by atoms with Crippen molar-refractivity contribution < 1.29 is 0 Å². The third-order valence-corrected chi connectivity index (χ3v) is 5.29. The molecule has 0 spiro atoms. The molecule has 2 aromatic rings. The molecule has 1 aromatic heterocycles. The van der Waals surface area contributed by atoms with Gasteiger partial charge in [0.2, 0.25) is 0 Å². The SMILES string of the molecule is c1ccc(CN2C[C@H]3CC[C@@H]2CN(Cc2ccncc2)C3)cc1. The molecule has 0 unspecified atom stereocenters. The van der Waals surface area contributed by atoms with Crippen LogP contribution in [0.15, 0.2) is 54.9 Å². The van der Waals surface area contributed by atoms with E-state index in [-0.39, 0.29) is 0 Å². The summed E-state index contributed by atoms with van der Waals surface area (Å²) >= 11 is 0. The predicted octanol–water partition coefficient (Wildman–Crippen LogP) is 3.18. The normalized spacial score (nSPS) is 25.4. The summed E-state index contributed by atoms with van der Waals surface area (Å²) in [5.74, 6) is 0.819. The Morgan fingerprint density at radius 2 is 1.61 bits per heavy atom. The maximum Gasteiger partial charge on any atom is 0.0271 e. The van der Waals surface area contributed by atoms with Crippen molar-refractivity contribution in [2.24, 2.45) is 5.92 Å². The summed E-state index contributed by atoms with van der Waals surface area (Å²) in [6.45, 7) is 5.86. The van der Waals surface area contributed by atoms with Crippen LogP contribution in [0.25, 0.3) is 0 Å². The van der Waals surface area contributed by atoms with Crippen LogP contribution >= 0.6 is 0 Å². The van der Waals surface area contributed by atoms with E-state index in [0.717, 1.165) is 19.0 Å². The summed E-state index contributed by atoms with van der Waals surface area (Å²) in [6.07, 6.45) is 6.56. The summed E-state index contributed by atoms with van der Waals surface area (Å²) in [6, 6.07) is 15.9. The summed E-state index contributed by atoms with van der Waals surface area (Å²) in [5, 5.41) is 0. The van der Waals surface area contributed by atoms with Crippen LogP contribution < -0.4 is 0 Å². The van der Waals surface area contributed by atoms with Crippen molar-refractivity contribution >= 4 is 0 Å². The molecule has 0 aliphatic carbocycles. The minimum atomic E-state index is 0.704. The number of hydrogen-bond acceptors (Lipinski definition) is 3. The fourth-order valence-corrected chi connectivity index (χ4v) is 4.16. The van der Waals surface area contributed by atoms with Gasteiger partial charge in [-0.3, -0.25) is 14.8 Å². The number of nitrogens with zero attached hydrogens (tertiary/aromatic N) is 3. The molecule has 3 aliphatic rings. The second kappa shape index (κ2) is 6.81. The van der Waals surface area contributed by atoms with Gasteiger partial charge in [0, 0.05) is 51.2 Å². The number of pyridine rings is 1. The van der Waals surface area contributed by atoms with Gasteiger partial charge in [-0.15, -0.1) is 0 Å². The monoisotopic (exact) mass is 307 g/mol. The minimum absolute atomic E-state index is 0.704. The number of piperidine rings is 1. The second-order valence-corrected chi connectivity index (χ2v) is 7.06. The van der Waals surface area contributed by atoms with Gasteiger partial charge in [0.15, 0.2) is 0 Å². The van der Waals surface area contributed by atoms with Gasteiger partial charge in [0.1, 0.15) is 0 Å². The lowest BCUT2D eigenvalue weighted by atomic mass is 9.94. The molecule has 23 heavy (non-hydrogen) atoms. The zero-order valence-electron chi connectivity index (χ0n) is 13.6. The summed E-state index contributed by atoms with van der Waals surface area (Å²) < 4.78 is 0. The minimum Gasteiger partial charge on any atom is -0.297 e. The average Bonchev–Trinajstić information content (AvgIpc) is 2.87. The molecule has 5 rings (SSSR count). The van der Waals surface area contributed by atoms with E-state index in [9.17, 15) is 0 Å². The van der Waals surface area contributed by atoms with Crippen molar-refractivity contribution in [1.29, 1.82) is 0 Å². The zero-order valence-corrected chi connectivity index (χ0v) is 13.6. The molecule has 0 radical (unpaired) electrons. The van der Waals surface area contributed by atoms with Gasteiger partial charge in [0.25, 0.3) is 0 Å². The molecule has 3 aliphatic heterocycles. The number of benzene rings is 1. The van der Waals surface area contributed by atoms with Crippen LogP contribution in [0.4, 0.5) is 0 Å². The molecule has 4 heterocycles. The third-order valence-electron chi connectivity index (χ3n) is 5.29. The Morgan fingerprint density at radius 3 is 2.43 bits per heavy atom. The topological polar surface area (TPSA) is 19.4 Å². The van der Waals surface area contributed by atoms with Crippen LogP contribution in [0.2, 0.25) is 0 Å². The fraction of sp³-hybridized carbons (Fsp3) is 0.450. The van der Waals surface area contributed by atoms with Gasteiger partial charge in [-0.25, -0.2) is 0 Å². The Hall–Kier alpha value is -1.71. The standard InChI is InChI=1S/C20H25N3/c1-2-4-17(5-3-1)14-23-15-19-6-7-20(23)16-22(13-19)12-18-8-10-21-11-9-18/h1-5,8-11,19-20H,6-7,12-16H2/t19-,20+/m0/s1. The predicted molar refractivity (Wildman–Crippen MR) is 92.9 cm³/mol. The number of fused-ring (bicyclic) bond motifs is 4. The Labute approximate surface area is 139 Å². The van der Waals surface area contributed by atoms with Crippen molar-refractivity contribution in [2.75, 3.05) is 19.6 Å². The number of aromatic nitrogens is 1. The zero-order chi connectivity index (χ0) is 15.5. The van der Waals surface area contributed by atoms with E-state index in [0.29, 0.717) is 6.04 Å². The molecule has 3 fully saturated rings. The van der Waals surface area contributed by atoms with E-state index < -0.39 is 0 Å². The molecule has 3 saturated heterocycles. The summed E-state index contributed by atoms with van der Waals surface area (Å²) in [7, 11) is 0. The van der Waals surface area contributed by atoms with Crippen molar-refractivity contribution in [3.63, 3.8) is 0 Å². The molecule has 0 N–H and O–H groups in total. The van der Waals surface area contributed by atoms with Crippen LogP contribution in [-0.4, -0.2) is 40.5 Å². The number of hydrogen-bond donors (Lipinski definition) is 0. The third kappa shape index (κ3) is 3.62. The van der Waals surface area contributed by atoms with Crippen molar-refractivity contribution in [3.8, 4) is 0 Å². The van der Waals surface area contributed by atoms with Gasteiger partial charge in [0.05, 0.1) is 0 Å². The second-order valence-electron chi connectivity index (χ2n) is 7.06. The molecular weight excluding hydrogens is 282 g/mol. The van der Waals surface area contributed by atoms with Gasteiger partial charge in [-0.1, -0.05) is 30.3 Å². The highest BCUT2D eigenvalue weighted by Crippen LogP contribution is 2.29. The van der Waals surface area contributed by atoms with Gasteiger partial charge in [-0.05, 0) is 42.0 Å². The van der Waals surface area contributed by atoms with E-state index in [1.807, 2.05) is 12.4 Å². The van der Waals surface area contributed by atoms with Crippen LogP contribution in [0.5, 0.6) is 0 Å². The highest BCUT2D eigenvalue weighted by Gasteiger charge is 2.34.